The number of piperidine rings is 1. The summed E-state index contributed by atoms with van der Waals surface area (Å²) in [5.74, 6) is -0.294. The van der Waals surface area contributed by atoms with E-state index in [2.05, 4.69) is 15.5 Å². The normalized spacial score (nSPS) is 29.9. The first-order chi connectivity index (χ1) is 9.09. The van der Waals surface area contributed by atoms with Gasteiger partial charge in [0.05, 0.1) is 6.04 Å². The van der Waals surface area contributed by atoms with Crippen LogP contribution >= 0.6 is 0 Å². The summed E-state index contributed by atoms with van der Waals surface area (Å²) in [6.07, 6.45) is 5.81. The van der Waals surface area contributed by atoms with Gasteiger partial charge < -0.3 is 11.1 Å². The Kier molecular flexibility index (Phi) is 4.76. The van der Waals surface area contributed by atoms with Crippen molar-refractivity contribution in [2.45, 2.75) is 57.2 Å². The minimum atomic E-state index is -0.774. The first-order valence-electron chi connectivity index (χ1n) is 7.19. The third-order valence-electron chi connectivity index (χ3n) is 4.28. The molecule has 0 aromatic rings. The number of nitrogens with zero attached hydrogens (tertiary/aromatic N) is 1. The number of carbonyl (C=O) groups is 2. The molecular weight excluding hydrogens is 244 g/mol. The highest BCUT2D eigenvalue weighted by Crippen LogP contribution is 2.26. The molecule has 3 atom stereocenters. The van der Waals surface area contributed by atoms with E-state index in [9.17, 15) is 9.59 Å². The van der Waals surface area contributed by atoms with Crippen LogP contribution in [0.2, 0.25) is 0 Å². The van der Waals surface area contributed by atoms with Crippen molar-refractivity contribution in [2.75, 3.05) is 13.1 Å². The fraction of sp³-hybridized carbons (Fsp3) is 0.846. The molecule has 0 aliphatic carbocycles. The van der Waals surface area contributed by atoms with Gasteiger partial charge in [-0.2, -0.15) is 0 Å². The van der Waals surface area contributed by atoms with E-state index in [1.54, 1.807) is 0 Å². The minimum absolute atomic E-state index is 0.294. The lowest BCUT2D eigenvalue weighted by atomic mass is 9.93. The maximum atomic E-state index is 11.9. The SMILES string of the molecule is CC(C(=O)NC(N)=O)N1CCCCC1C1CCCN1. The molecule has 2 fully saturated rings. The van der Waals surface area contributed by atoms with Crippen LogP contribution in [-0.4, -0.2) is 48.1 Å². The van der Waals surface area contributed by atoms with E-state index in [0.29, 0.717) is 12.1 Å². The molecule has 2 rings (SSSR count). The van der Waals surface area contributed by atoms with Gasteiger partial charge in [0.1, 0.15) is 0 Å². The van der Waals surface area contributed by atoms with E-state index in [-0.39, 0.29) is 11.9 Å². The number of likely N-dealkylation sites (tertiary alicyclic amines) is 1. The summed E-state index contributed by atoms with van der Waals surface area (Å²) < 4.78 is 0. The molecule has 6 heteroatoms. The Morgan fingerprint density at radius 3 is 2.74 bits per heavy atom. The lowest BCUT2D eigenvalue weighted by molar-refractivity contribution is -0.126. The Morgan fingerprint density at radius 2 is 2.11 bits per heavy atom. The number of hydrogen-bond donors (Lipinski definition) is 3. The number of hydrogen-bond acceptors (Lipinski definition) is 4. The van der Waals surface area contributed by atoms with E-state index >= 15 is 0 Å². The van der Waals surface area contributed by atoms with Crippen molar-refractivity contribution in [3.05, 3.63) is 0 Å². The predicted molar refractivity (Wildman–Crippen MR) is 72.6 cm³/mol. The molecule has 0 spiro atoms. The fourth-order valence-electron chi connectivity index (χ4n) is 3.31. The zero-order chi connectivity index (χ0) is 13.8. The summed E-state index contributed by atoms with van der Waals surface area (Å²) in [5.41, 5.74) is 5.02. The zero-order valence-electron chi connectivity index (χ0n) is 11.5. The average molecular weight is 268 g/mol. The van der Waals surface area contributed by atoms with E-state index in [1.165, 1.54) is 19.3 Å². The quantitative estimate of drug-likeness (QED) is 0.681. The molecular formula is C13H24N4O2. The van der Waals surface area contributed by atoms with Crippen LogP contribution in [0.3, 0.4) is 0 Å². The number of imide groups is 1. The van der Waals surface area contributed by atoms with Gasteiger partial charge in [-0.3, -0.25) is 15.0 Å². The standard InChI is InChI=1S/C13H24N4O2/c1-9(12(18)16-13(14)19)17-8-3-2-6-11(17)10-5-4-7-15-10/h9-11,15H,2-8H2,1H3,(H3,14,16,18,19). The highest BCUT2D eigenvalue weighted by atomic mass is 16.2. The summed E-state index contributed by atoms with van der Waals surface area (Å²) in [4.78, 5) is 25.0. The van der Waals surface area contributed by atoms with E-state index in [0.717, 1.165) is 25.9 Å². The van der Waals surface area contributed by atoms with Crippen molar-refractivity contribution in [3.63, 3.8) is 0 Å². The van der Waals surface area contributed by atoms with E-state index in [4.69, 9.17) is 5.73 Å². The van der Waals surface area contributed by atoms with E-state index < -0.39 is 6.03 Å². The van der Waals surface area contributed by atoms with Crippen molar-refractivity contribution >= 4 is 11.9 Å². The van der Waals surface area contributed by atoms with Gasteiger partial charge >= 0.3 is 6.03 Å². The van der Waals surface area contributed by atoms with Crippen LogP contribution in [-0.2, 0) is 4.79 Å². The third kappa shape index (κ3) is 3.45. The zero-order valence-corrected chi connectivity index (χ0v) is 11.5. The molecule has 0 aromatic heterocycles. The summed E-state index contributed by atoms with van der Waals surface area (Å²) in [6, 6.07) is -0.210. The molecule has 3 unspecified atom stereocenters. The molecule has 0 saturated carbocycles. The minimum Gasteiger partial charge on any atom is -0.351 e. The number of carbonyl (C=O) groups excluding carboxylic acids is 2. The molecule has 2 aliphatic rings. The van der Waals surface area contributed by atoms with Crippen LogP contribution in [0.15, 0.2) is 0 Å². The second-order valence-electron chi connectivity index (χ2n) is 5.53. The van der Waals surface area contributed by atoms with Crippen LogP contribution in [0, 0.1) is 0 Å². The van der Waals surface area contributed by atoms with Crippen LogP contribution in [0.4, 0.5) is 4.79 Å². The van der Waals surface area contributed by atoms with E-state index in [1.807, 2.05) is 6.92 Å². The summed E-state index contributed by atoms with van der Waals surface area (Å²) in [7, 11) is 0. The van der Waals surface area contributed by atoms with Crippen molar-refractivity contribution < 1.29 is 9.59 Å². The maximum Gasteiger partial charge on any atom is 0.318 e. The van der Waals surface area contributed by atoms with Crippen LogP contribution in [0.25, 0.3) is 0 Å². The third-order valence-corrected chi connectivity index (χ3v) is 4.28. The molecule has 3 amide bonds. The lowest BCUT2D eigenvalue weighted by Crippen LogP contribution is -2.58. The van der Waals surface area contributed by atoms with Crippen molar-refractivity contribution in [1.82, 2.24) is 15.5 Å². The maximum absolute atomic E-state index is 11.9. The fourth-order valence-corrected chi connectivity index (χ4v) is 3.31. The van der Waals surface area contributed by atoms with Gasteiger partial charge in [-0.25, -0.2) is 4.79 Å². The van der Waals surface area contributed by atoms with Gasteiger partial charge in [-0.1, -0.05) is 6.42 Å². The Labute approximate surface area is 114 Å². The summed E-state index contributed by atoms with van der Waals surface area (Å²) >= 11 is 0. The van der Waals surface area contributed by atoms with Gasteiger partial charge in [-0.15, -0.1) is 0 Å². The Morgan fingerprint density at radius 1 is 1.32 bits per heavy atom. The number of nitrogens with two attached hydrogens (primary N) is 1. The second-order valence-corrected chi connectivity index (χ2v) is 5.53. The Bertz CT molecular complexity index is 342. The highest BCUT2D eigenvalue weighted by Gasteiger charge is 2.36. The topological polar surface area (TPSA) is 87.5 Å². The average Bonchev–Trinajstić information content (AvgIpc) is 2.91. The molecule has 19 heavy (non-hydrogen) atoms. The van der Waals surface area contributed by atoms with Crippen LogP contribution < -0.4 is 16.4 Å². The number of amides is 3. The molecule has 6 nitrogen and oxygen atoms in total. The van der Waals surface area contributed by atoms with Gasteiger partial charge in [0.15, 0.2) is 0 Å². The number of nitrogens with one attached hydrogen (secondary N) is 2. The predicted octanol–water partition coefficient (Wildman–Crippen LogP) is 0.176. The molecule has 2 aliphatic heterocycles. The Balaban J connectivity index is 2.01. The summed E-state index contributed by atoms with van der Waals surface area (Å²) in [5, 5.41) is 5.71. The number of primary amides is 1. The van der Waals surface area contributed by atoms with Gasteiger partial charge in [0.2, 0.25) is 5.91 Å². The molecule has 0 bridgehead atoms. The lowest BCUT2D eigenvalue weighted by Gasteiger charge is -2.42. The van der Waals surface area contributed by atoms with Crippen LogP contribution in [0.1, 0.15) is 39.0 Å². The van der Waals surface area contributed by atoms with Gasteiger partial charge in [0, 0.05) is 12.1 Å². The monoisotopic (exact) mass is 268 g/mol. The Hall–Kier alpha value is -1.14. The van der Waals surface area contributed by atoms with Gasteiger partial charge in [-0.05, 0) is 45.7 Å². The first-order valence-corrected chi connectivity index (χ1v) is 7.19. The molecule has 0 aromatic carbocycles. The van der Waals surface area contributed by atoms with Gasteiger partial charge in [0.25, 0.3) is 0 Å². The number of rotatable bonds is 3. The summed E-state index contributed by atoms with van der Waals surface area (Å²) in [6.45, 7) is 3.83. The molecule has 0 radical (unpaired) electrons. The number of urea groups is 1. The molecule has 108 valence electrons. The van der Waals surface area contributed by atoms with Crippen molar-refractivity contribution in [1.29, 1.82) is 0 Å². The largest absolute Gasteiger partial charge is 0.351 e. The molecule has 2 heterocycles. The first kappa shape index (κ1) is 14.3. The van der Waals surface area contributed by atoms with Crippen molar-refractivity contribution in [3.8, 4) is 0 Å². The molecule has 2 saturated heterocycles. The van der Waals surface area contributed by atoms with Crippen molar-refractivity contribution in [2.24, 2.45) is 5.73 Å². The highest BCUT2D eigenvalue weighted by molar-refractivity contribution is 5.96. The second kappa shape index (κ2) is 6.34. The smallest absolute Gasteiger partial charge is 0.318 e. The molecule has 4 N–H and O–H groups in total. The van der Waals surface area contributed by atoms with Crippen LogP contribution in [0.5, 0.6) is 0 Å².